The van der Waals surface area contributed by atoms with Gasteiger partial charge in [0.1, 0.15) is 16.5 Å². The molecule has 0 bridgehead atoms. The lowest BCUT2D eigenvalue weighted by Crippen LogP contribution is -2.09. The van der Waals surface area contributed by atoms with Crippen molar-refractivity contribution >= 4 is 33.3 Å². The lowest BCUT2D eigenvalue weighted by molar-refractivity contribution is 0.610. The monoisotopic (exact) mass is 288 g/mol. The van der Waals surface area contributed by atoms with Crippen LogP contribution in [0.3, 0.4) is 0 Å². The van der Waals surface area contributed by atoms with E-state index in [-0.39, 0.29) is 11.8 Å². The molecule has 0 unspecified atom stereocenters. The second-order valence-corrected chi connectivity index (χ2v) is 5.23. The summed E-state index contributed by atoms with van der Waals surface area (Å²) in [5.74, 6) is 0.760. The third-order valence-electron chi connectivity index (χ3n) is 2.99. The van der Waals surface area contributed by atoms with Crippen LogP contribution in [0, 0.1) is 5.82 Å². The van der Waals surface area contributed by atoms with E-state index in [1.54, 1.807) is 12.1 Å². The Morgan fingerprint density at radius 2 is 2.05 bits per heavy atom. The van der Waals surface area contributed by atoms with Gasteiger partial charge in [0.25, 0.3) is 0 Å². The van der Waals surface area contributed by atoms with Crippen LogP contribution < -0.4 is 11.1 Å². The lowest BCUT2D eigenvalue weighted by atomic mass is 10.1. The van der Waals surface area contributed by atoms with Crippen LogP contribution in [0.15, 0.2) is 35.7 Å². The van der Waals surface area contributed by atoms with Crippen molar-refractivity contribution in [3.05, 3.63) is 47.1 Å². The van der Waals surface area contributed by atoms with Crippen molar-refractivity contribution in [3.8, 4) is 0 Å². The van der Waals surface area contributed by atoms with Crippen LogP contribution in [-0.4, -0.2) is 16.5 Å². The number of hydrogen-bond acceptors (Lipinski definition) is 5. The van der Waals surface area contributed by atoms with E-state index in [1.165, 1.54) is 17.4 Å². The van der Waals surface area contributed by atoms with Gasteiger partial charge in [0.05, 0.1) is 5.39 Å². The van der Waals surface area contributed by atoms with Crippen LogP contribution in [0.5, 0.6) is 0 Å². The van der Waals surface area contributed by atoms with Crippen molar-refractivity contribution in [1.82, 2.24) is 9.97 Å². The first-order chi connectivity index (χ1) is 9.74. The molecule has 0 amide bonds. The molecule has 102 valence electrons. The van der Waals surface area contributed by atoms with Crippen molar-refractivity contribution in [2.45, 2.75) is 6.42 Å². The second-order valence-electron chi connectivity index (χ2n) is 4.34. The third-order valence-corrected chi connectivity index (χ3v) is 3.79. The van der Waals surface area contributed by atoms with Crippen molar-refractivity contribution in [1.29, 1.82) is 0 Å². The molecule has 3 N–H and O–H groups in total. The molecular weight excluding hydrogens is 275 g/mol. The van der Waals surface area contributed by atoms with Gasteiger partial charge in [-0.05, 0) is 29.5 Å². The minimum atomic E-state index is -0.183. The van der Waals surface area contributed by atoms with Crippen LogP contribution >= 0.6 is 11.3 Å². The first-order valence-corrected chi connectivity index (χ1v) is 7.10. The number of halogens is 1. The molecule has 0 aliphatic rings. The van der Waals surface area contributed by atoms with E-state index in [9.17, 15) is 4.39 Å². The first kappa shape index (κ1) is 12.8. The molecule has 0 fully saturated rings. The van der Waals surface area contributed by atoms with Gasteiger partial charge >= 0.3 is 0 Å². The molecule has 0 aliphatic carbocycles. The number of nitrogens with zero attached hydrogens (tertiary/aromatic N) is 2. The summed E-state index contributed by atoms with van der Waals surface area (Å²) in [6, 6.07) is 8.72. The van der Waals surface area contributed by atoms with Crippen molar-refractivity contribution in [2.24, 2.45) is 0 Å². The number of rotatable bonds is 4. The number of thiophene rings is 1. The van der Waals surface area contributed by atoms with Gasteiger partial charge in [-0.1, -0.05) is 18.2 Å². The predicted molar refractivity (Wildman–Crippen MR) is 80.4 cm³/mol. The minimum absolute atomic E-state index is 0.183. The van der Waals surface area contributed by atoms with Gasteiger partial charge in [0.15, 0.2) is 0 Å². The highest BCUT2D eigenvalue weighted by Gasteiger charge is 2.07. The number of nitrogens with two attached hydrogens (primary N) is 1. The molecule has 2 heterocycles. The zero-order valence-electron chi connectivity index (χ0n) is 10.6. The van der Waals surface area contributed by atoms with E-state index in [0.29, 0.717) is 24.3 Å². The van der Waals surface area contributed by atoms with Crippen LogP contribution in [0.4, 0.5) is 16.2 Å². The number of anilines is 2. The molecule has 3 aromatic rings. The SMILES string of the molecule is Nc1nc(NCCc2ccccc2F)c2ccsc2n1. The molecule has 1 aromatic carbocycles. The maximum atomic E-state index is 13.5. The summed E-state index contributed by atoms with van der Waals surface area (Å²) in [6.45, 7) is 0.586. The highest BCUT2D eigenvalue weighted by atomic mass is 32.1. The fraction of sp³-hybridized carbons (Fsp3) is 0.143. The van der Waals surface area contributed by atoms with Crippen LogP contribution in [0.1, 0.15) is 5.56 Å². The second kappa shape index (κ2) is 5.42. The molecule has 0 aliphatic heterocycles. The van der Waals surface area contributed by atoms with Gasteiger partial charge in [0, 0.05) is 6.54 Å². The molecule has 0 atom stereocenters. The van der Waals surface area contributed by atoms with Crippen molar-refractivity contribution in [3.63, 3.8) is 0 Å². The Labute approximate surface area is 119 Å². The molecular formula is C14H13FN4S. The topological polar surface area (TPSA) is 63.8 Å². The normalized spacial score (nSPS) is 10.8. The van der Waals surface area contributed by atoms with E-state index in [1.807, 2.05) is 17.5 Å². The molecule has 0 radical (unpaired) electrons. The summed E-state index contributed by atoms with van der Waals surface area (Å²) in [6.07, 6.45) is 0.586. The fourth-order valence-corrected chi connectivity index (χ4v) is 2.79. The summed E-state index contributed by atoms with van der Waals surface area (Å²) < 4.78 is 13.5. The fourth-order valence-electron chi connectivity index (χ4n) is 2.02. The molecule has 20 heavy (non-hydrogen) atoms. The van der Waals surface area contributed by atoms with Gasteiger partial charge < -0.3 is 11.1 Å². The summed E-state index contributed by atoms with van der Waals surface area (Å²) in [5.41, 5.74) is 6.36. The maximum Gasteiger partial charge on any atom is 0.223 e. The minimum Gasteiger partial charge on any atom is -0.369 e. The summed E-state index contributed by atoms with van der Waals surface area (Å²) in [5, 5.41) is 6.09. The Balaban J connectivity index is 1.74. The van der Waals surface area contributed by atoms with E-state index >= 15 is 0 Å². The molecule has 0 saturated carbocycles. The van der Waals surface area contributed by atoms with E-state index in [4.69, 9.17) is 5.73 Å². The van der Waals surface area contributed by atoms with Gasteiger partial charge in [-0.15, -0.1) is 11.3 Å². The van der Waals surface area contributed by atoms with Gasteiger partial charge in [-0.25, -0.2) is 9.37 Å². The first-order valence-electron chi connectivity index (χ1n) is 6.22. The van der Waals surface area contributed by atoms with E-state index in [2.05, 4.69) is 15.3 Å². The summed E-state index contributed by atoms with van der Waals surface area (Å²) in [7, 11) is 0. The number of benzene rings is 1. The molecule has 4 nitrogen and oxygen atoms in total. The standard InChI is InChI=1S/C14H13FN4S/c15-11-4-2-1-3-9(11)5-7-17-12-10-6-8-20-13(10)19-14(16)18-12/h1-4,6,8H,5,7H2,(H3,16,17,18,19). The number of nitrogens with one attached hydrogen (secondary N) is 1. The Hall–Kier alpha value is -2.21. The van der Waals surface area contributed by atoms with E-state index in [0.717, 1.165) is 10.2 Å². The summed E-state index contributed by atoms with van der Waals surface area (Å²) >= 11 is 1.52. The maximum absolute atomic E-state index is 13.5. The highest BCUT2D eigenvalue weighted by Crippen LogP contribution is 2.25. The van der Waals surface area contributed by atoms with Crippen LogP contribution in [0.2, 0.25) is 0 Å². The Bertz CT molecular complexity index is 741. The smallest absolute Gasteiger partial charge is 0.223 e. The van der Waals surface area contributed by atoms with Crippen molar-refractivity contribution < 1.29 is 4.39 Å². The van der Waals surface area contributed by atoms with Gasteiger partial charge in [-0.3, -0.25) is 0 Å². The predicted octanol–water partition coefficient (Wildman–Crippen LogP) is 3.07. The average molecular weight is 288 g/mol. The van der Waals surface area contributed by atoms with Crippen molar-refractivity contribution in [2.75, 3.05) is 17.6 Å². The lowest BCUT2D eigenvalue weighted by Gasteiger charge is -2.08. The Morgan fingerprint density at radius 3 is 2.90 bits per heavy atom. The average Bonchev–Trinajstić information content (AvgIpc) is 2.89. The highest BCUT2D eigenvalue weighted by molar-refractivity contribution is 7.16. The van der Waals surface area contributed by atoms with E-state index < -0.39 is 0 Å². The zero-order valence-corrected chi connectivity index (χ0v) is 11.5. The van der Waals surface area contributed by atoms with Crippen LogP contribution in [0.25, 0.3) is 10.2 Å². The number of fused-ring (bicyclic) bond motifs is 1. The molecule has 0 spiro atoms. The molecule has 0 saturated heterocycles. The quantitative estimate of drug-likeness (QED) is 0.774. The molecule has 6 heteroatoms. The van der Waals surface area contributed by atoms with Crippen LogP contribution in [-0.2, 0) is 6.42 Å². The molecule has 3 rings (SSSR count). The Kier molecular flexibility index (Phi) is 3.47. The molecule has 2 aromatic heterocycles. The largest absolute Gasteiger partial charge is 0.369 e. The number of hydrogen-bond donors (Lipinski definition) is 2. The Morgan fingerprint density at radius 1 is 1.20 bits per heavy atom. The summed E-state index contributed by atoms with van der Waals surface area (Å²) in [4.78, 5) is 9.21. The number of nitrogen functional groups attached to an aromatic ring is 1. The third kappa shape index (κ3) is 2.55. The zero-order chi connectivity index (χ0) is 13.9. The number of aromatic nitrogens is 2. The van der Waals surface area contributed by atoms with Gasteiger partial charge in [0.2, 0.25) is 5.95 Å². The van der Waals surface area contributed by atoms with Gasteiger partial charge in [-0.2, -0.15) is 4.98 Å².